The molecule has 0 N–H and O–H groups in total. The fraction of sp³-hybridized carbons (Fsp3) is 0.333. The van der Waals surface area contributed by atoms with Crippen LogP contribution in [-0.4, -0.2) is 14.4 Å². The molecule has 2 heteroatoms. The van der Waals surface area contributed by atoms with Crippen LogP contribution in [0.5, 0.6) is 0 Å². The van der Waals surface area contributed by atoms with Crippen LogP contribution in [0.4, 0.5) is 0 Å². The zero-order valence-electron chi connectivity index (χ0n) is 12.7. The third kappa shape index (κ3) is 3.38. The van der Waals surface area contributed by atoms with E-state index in [9.17, 15) is 0 Å². The molecular weight excluding hydrogens is 260 g/mol. The molecule has 0 aliphatic rings. The first-order valence-corrected chi connectivity index (χ1v) is 9.86. The molecule has 0 amide bonds. The molecule has 0 aromatic heterocycles. The molecule has 0 aliphatic heterocycles. The van der Waals surface area contributed by atoms with Crippen LogP contribution in [-0.2, 0) is 4.43 Å². The predicted molar refractivity (Wildman–Crippen MR) is 89.2 cm³/mol. The Morgan fingerprint density at radius 3 is 1.75 bits per heavy atom. The summed E-state index contributed by atoms with van der Waals surface area (Å²) in [6.45, 7) is 6.72. The van der Waals surface area contributed by atoms with Crippen LogP contribution in [0.1, 0.15) is 26.7 Å². The van der Waals surface area contributed by atoms with Crippen LogP contribution >= 0.6 is 0 Å². The second-order valence-corrected chi connectivity index (χ2v) is 8.94. The van der Waals surface area contributed by atoms with E-state index < -0.39 is 8.32 Å². The molecule has 0 saturated carbocycles. The van der Waals surface area contributed by atoms with Crippen LogP contribution < -0.4 is 10.4 Å². The Morgan fingerprint density at radius 2 is 1.35 bits per heavy atom. The Morgan fingerprint density at radius 1 is 0.900 bits per heavy atom. The van der Waals surface area contributed by atoms with Gasteiger partial charge < -0.3 is 4.43 Å². The van der Waals surface area contributed by atoms with E-state index in [0.29, 0.717) is 6.10 Å². The highest BCUT2D eigenvalue weighted by Gasteiger charge is 2.35. The molecule has 0 spiro atoms. The lowest BCUT2D eigenvalue weighted by atomic mass is 10.2. The van der Waals surface area contributed by atoms with Gasteiger partial charge in [-0.3, -0.25) is 0 Å². The van der Waals surface area contributed by atoms with Gasteiger partial charge in [-0.05, 0) is 30.3 Å². The van der Waals surface area contributed by atoms with Crippen LogP contribution in [0.15, 0.2) is 60.7 Å². The summed E-state index contributed by atoms with van der Waals surface area (Å²) in [7, 11) is -2.10. The molecule has 1 atom stereocenters. The lowest BCUT2D eigenvalue weighted by Gasteiger charge is -2.32. The normalized spacial score (nSPS) is 13.2. The third-order valence-electron chi connectivity index (χ3n) is 3.78. The van der Waals surface area contributed by atoms with Gasteiger partial charge in [0.1, 0.15) is 0 Å². The second-order valence-electron chi connectivity index (χ2n) is 5.48. The molecule has 0 bridgehead atoms. The number of hydrogen-bond acceptors (Lipinski definition) is 1. The average Bonchev–Trinajstić information content (AvgIpc) is 2.49. The molecule has 1 unspecified atom stereocenters. The van der Waals surface area contributed by atoms with Crippen molar-refractivity contribution >= 4 is 18.7 Å². The van der Waals surface area contributed by atoms with E-state index in [1.165, 1.54) is 10.4 Å². The minimum Gasteiger partial charge on any atom is -0.406 e. The van der Waals surface area contributed by atoms with E-state index in [1.807, 2.05) is 0 Å². The quantitative estimate of drug-likeness (QED) is 0.737. The van der Waals surface area contributed by atoms with E-state index in [-0.39, 0.29) is 0 Å². The maximum Gasteiger partial charge on any atom is 0.253 e. The van der Waals surface area contributed by atoms with Crippen molar-refractivity contribution in [2.75, 3.05) is 0 Å². The van der Waals surface area contributed by atoms with Crippen molar-refractivity contribution in [1.29, 1.82) is 0 Å². The summed E-state index contributed by atoms with van der Waals surface area (Å²) in [5, 5.41) is 2.68. The SMILES string of the molecule is CCCC(C)O[Si](C)(c1ccccc1)c1ccccc1. The Kier molecular flexibility index (Phi) is 5.15. The van der Waals surface area contributed by atoms with Gasteiger partial charge in [-0.1, -0.05) is 74.0 Å². The minimum absolute atomic E-state index is 0.303. The summed E-state index contributed by atoms with van der Waals surface area (Å²) in [5.74, 6) is 0. The molecule has 0 heterocycles. The van der Waals surface area contributed by atoms with Crippen molar-refractivity contribution in [2.24, 2.45) is 0 Å². The Labute approximate surface area is 123 Å². The summed E-state index contributed by atoms with van der Waals surface area (Å²) in [6, 6.07) is 21.4. The zero-order valence-corrected chi connectivity index (χ0v) is 13.7. The molecule has 2 aromatic carbocycles. The second kappa shape index (κ2) is 6.87. The Bertz CT molecular complexity index is 470. The van der Waals surface area contributed by atoms with E-state index in [0.717, 1.165) is 12.8 Å². The van der Waals surface area contributed by atoms with Crippen molar-refractivity contribution < 1.29 is 4.43 Å². The van der Waals surface area contributed by atoms with Crippen molar-refractivity contribution in [1.82, 2.24) is 0 Å². The highest BCUT2D eigenvalue weighted by Crippen LogP contribution is 2.13. The molecule has 0 fully saturated rings. The zero-order chi connectivity index (χ0) is 14.4. The number of rotatable bonds is 6. The molecule has 2 rings (SSSR count). The van der Waals surface area contributed by atoms with Gasteiger partial charge in [0, 0.05) is 6.10 Å². The molecule has 0 radical (unpaired) electrons. The van der Waals surface area contributed by atoms with Gasteiger partial charge in [-0.2, -0.15) is 0 Å². The van der Waals surface area contributed by atoms with Crippen LogP contribution in [0.3, 0.4) is 0 Å². The van der Waals surface area contributed by atoms with Gasteiger partial charge in [0.15, 0.2) is 0 Å². The lowest BCUT2D eigenvalue weighted by molar-refractivity contribution is 0.208. The highest BCUT2D eigenvalue weighted by atomic mass is 28.4. The summed E-state index contributed by atoms with van der Waals surface area (Å²) >= 11 is 0. The maximum atomic E-state index is 6.59. The topological polar surface area (TPSA) is 9.23 Å². The van der Waals surface area contributed by atoms with Crippen LogP contribution in [0.25, 0.3) is 0 Å². The van der Waals surface area contributed by atoms with E-state index in [1.54, 1.807) is 0 Å². The first-order valence-electron chi connectivity index (χ1n) is 7.45. The maximum absolute atomic E-state index is 6.59. The standard InChI is InChI=1S/C18H24OSi/c1-4-11-16(2)19-20(3,17-12-7-5-8-13-17)18-14-9-6-10-15-18/h5-10,12-16H,4,11H2,1-3H3. The van der Waals surface area contributed by atoms with Gasteiger partial charge in [0.2, 0.25) is 0 Å². The summed E-state index contributed by atoms with van der Waals surface area (Å²) in [5.41, 5.74) is 0. The van der Waals surface area contributed by atoms with Crippen molar-refractivity contribution in [3.63, 3.8) is 0 Å². The van der Waals surface area contributed by atoms with Gasteiger partial charge in [-0.25, -0.2) is 0 Å². The van der Waals surface area contributed by atoms with Gasteiger partial charge in [0.25, 0.3) is 8.32 Å². The molecule has 0 saturated heterocycles. The van der Waals surface area contributed by atoms with Gasteiger partial charge >= 0.3 is 0 Å². The van der Waals surface area contributed by atoms with Crippen LogP contribution in [0.2, 0.25) is 6.55 Å². The molecule has 106 valence electrons. The number of benzene rings is 2. The molecule has 2 aromatic rings. The first-order chi connectivity index (χ1) is 9.66. The average molecular weight is 284 g/mol. The number of hydrogen-bond donors (Lipinski definition) is 0. The van der Waals surface area contributed by atoms with E-state index in [2.05, 4.69) is 81.1 Å². The first kappa shape index (κ1) is 15.0. The Hall–Kier alpha value is -1.38. The predicted octanol–water partition coefficient (Wildman–Crippen LogP) is 3.58. The van der Waals surface area contributed by atoms with E-state index >= 15 is 0 Å². The summed E-state index contributed by atoms with van der Waals surface area (Å²) in [6.07, 6.45) is 2.58. The van der Waals surface area contributed by atoms with Crippen molar-refractivity contribution in [3.05, 3.63) is 60.7 Å². The smallest absolute Gasteiger partial charge is 0.253 e. The third-order valence-corrected chi connectivity index (χ3v) is 7.53. The minimum atomic E-state index is -2.10. The van der Waals surface area contributed by atoms with Gasteiger partial charge in [0.05, 0.1) is 0 Å². The lowest BCUT2D eigenvalue weighted by Crippen LogP contribution is -2.59. The van der Waals surface area contributed by atoms with E-state index in [4.69, 9.17) is 4.43 Å². The van der Waals surface area contributed by atoms with Gasteiger partial charge in [-0.15, -0.1) is 0 Å². The fourth-order valence-corrected chi connectivity index (χ4v) is 5.87. The molecule has 1 nitrogen and oxygen atoms in total. The molecule has 20 heavy (non-hydrogen) atoms. The molecule has 0 aliphatic carbocycles. The molecular formula is C18H24OSi. The monoisotopic (exact) mass is 284 g/mol. The summed E-state index contributed by atoms with van der Waals surface area (Å²) in [4.78, 5) is 0. The van der Waals surface area contributed by atoms with Crippen LogP contribution in [0, 0.1) is 0 Å². The van der Waals surface area contributed by atoms with Crippen molar-refractivity contribution in [2.45, 2.75) is 39.3 Å². The highest BCUT2D eigenvalue weighted by molar-refractivity contribution is 6.96. The van der Waals surface area contributed by atoms with Crippen molar-refractivity contribution in [3.8, 4) is 0 Å². The Balaban J connectivity index is 2.38. The largest absolute Gasteiger partial charge is 0.406 e. The summed E-state index contributed by atoms with van der Waals surface area (Å²) < 4.78 is 6.59. The fourth-order valence-electron chi connectivity index (χ4n) is 2.68.